The van der Waals surface area contributed by atoms with Crippen molar-refractivity contribution in [2.75, 3.05) is 32.1 Å². The third-order valence-electron chi connectivity index (χ3n) is 2.96. The molecule has 0 spiro atoms. The summed E-state index contributed by atoms with van der Waals surface area (Å²) in [5, 5.41) is 8.89. The maximum atomic E-state index is 12.1. The molecule has 0 aliphatic carbocycles. The molecule has 1 aliphatic heterocycles. The molecule has 1 aliphatic rings. The number of hydrogen-bond donors (Lipinski definition) is 1. The lowest BCUT2D eigenvalue weighted by Crippen LogP contribution is -2.42. The minimum absolute atomic E-state index is 0.0645. The van der Waals surface area contributed by atoms with Gasteiger partial charge in [-0.05, 0) is 18.2 Å². The highest BCUT2D eigenvalue weighted by molar-refractivity contribution is 7.85. The zero-order valence-corrected chi connectivity index (χ0v) is 11.6. The van der Waals surface area contributed by atoms with E-state index in [1.807, 2.05) is 0 Å². The van der Waals surface area contributed by atoms with E-state index in [0.29, 0.717) is 31.2 Å². The molecule has 0 bridgehead atoms. The van der Waals surface area contributed by atoms with Crippen LogP contribution in [-0.4, -0.2) is 58.1 Å². The second-order valence-corrected chi connectivity index (χ2v) is 5.77. The Morgan fingerprint density at radius 1 is 1.30 bits per heavy atom. The quantitative estimate of drug-likeness (QED) is 0.867. The number of nitrogens with zero attached hydrogens (tertiary/aromatic N) is 1. The molecule has 1 amide bonds. The summed E-state index contributed by atoms with van der Waals surface area (Å²) in [6.45, 7) is 2.00. The van der Waals surface area contributed by atoms with E-state index in [-0.39, 0.29) is 17.2 Å². The van der Waals surface area contributed by atoms with Gasteiger partial charge in [-0.25, -0.2) is 4.79 Å². The fourth-order valence-electron chi connectivity index (χ4n) is 1.87. The van der Waals surface area contributed by atoms with Crippen LogP contribution in [0.1, 0.15) is 10.4 Å². The second kappa shape index (κ2) is 6.62. The number of carbonyl (C=O) groups is 2. The van der Waals surface area contributed by atoms with E-state index in [1.165, 1.54) is 18.2 Å². The number of hydrogen-bond acceptors (Lipinski definition) is 4. The minimum Gasteiger partial charge on any atom is -0.478 e. The van der Waals surface area contributed by atoms with E-state index < -0.39 is 16.8 Å². The number of carboxylic acids is 1. The molecule has 2 rings (SSSR count). The fourth-order valence-corrected chi connectivity index (χ4v) is 2.93. The van der Waals surface area contributed by atoms with Crippen LogP contribution in [-0.2, 0) is 20.3 Å². The van der Waals surface area contributed by atoms with Gasteiger partial charge < -0.3 is 14.7 Å². The maximum absolute atomic E-state index is 12.1. The zero-order chi connectivity index (χ0) is 14.5. The highest BCUT2D eigenvalue weighted by Crippen LogP contribution is 2.11. The lowest BCUT2D eigenvalue weighted by Gasteiger charge is -2.26. The van der Waals surface area contributed by atoms with Crippen LogP contribution in [0, 0.1) is 0 Å². The van der Waals surface area contributed by atoms with E-state index in [4.69, 9.17) is 9.84 Å². The Morgan fingerprint density at radius 2 is 2.00 bits per heavy atom. The predicted octanol–water partition coefficient (Wildman–Crippen LogP) is 0.351. The van der Waals surface area contributed by atoms with Gasteiger partial charge in [0.25, 0.3) is 0 Å². The molecule has 0 saturated carbocycles. The van der Waals surface area contributed by atoms with E-state index in [1.54, 1.807) is 11.0 Å². The molecule has 1 fully saturated rings. The van der Waals surface area contributed by atoms with Gasteiger partial charge in [-0.15, -0.1) is 0 Å². The molecule has 7 heteroatoms. The van der Waals surface area contributed by atoms with Gasteiger partial charge in [-0.1, -0.05) is 6.07 Å². The summed E-state index contributed by atoms with van der Waals surface area (Å²) in [4.78, 5) is 24.8. The molecular formula is C13H15NO5S. The summed E-state index contributed by atoms with van der Waals surface area (Å²) in [5.41, 5.74) is 0.0645. The van der Waals surface area contributed by atoms with Crippen molar-refractivity contribution in [3.63, 3.8) is 0 Å². The third kappa shape index (κ3) is 3.64. The summed E-state index contributed by atoms with van der Waals surface area (Å²) in [6.07, 6.45) is 0. The number of rotatable bonds is 4. The van der Waals surface area contributed by atoms with Crippen LogP contribution in [0.15, 0.2) is 29.2 Å². The van der Waals surface area contributed by atoms with Crippen LogP contribution in [0.25, 0.3) is 0 Å². The smallest absolute Gasteiger partial charge is 0.335 e. The van der Waals surface area contributed by atoms with E-state index in [0.717, 1.165) is 0 Å². The normalized spacial score (nSPS) is 16.7. The van der Waals surface area contributed by atoms with Crippen LogP contribution < -0.4 is 0 Å². The van der Waals surface area contributed by atoms with Crippen molar-refractivity contribution in [2.45, 2.75) is 4.90 Å². The van der Waals surface area contributed by atoms with Crippen LogP contribution in [0.3, 0.4) is 0 Å². The van der Waals surface area contributed by atoms with Gasteiger partial charge in [-0.3, -0.25) is 9.00 Å². The van der Waals surface area contributed by atoms with Crippen molar-refractivity contribution in [3.05, 3.63) is 29.8 Å². The number of ether oxygens (including phenoxy) is 1. The molecule has 1 heterocycles. The molecule has 6 nitrogen and oxygen atoms in total. The lowest BCUT2D eigenvalue weighted by atomic mass is 10.2. The monoisotopic (exact) mass is 297 g/mol. The number of benzene rings is 1. The van der Waals surface area contributed by atoms with Crippen LogP contribution >= 0.6 is 0 Å². The van der Waals surface area contributed by atoms with Crippen LogP contribution in [0.2, 0.25) is 0 Å². The van der Waals surface area contributed by atoms with Gasteiger partial charge in [0.1, 0.15) is 5.75 Å². The molecule has 20 heavy (non-hydrogen) atoms. The van der Waals surface area contributed by atoms with Gasteiger partial charge >= 0.3 is 5.97 Å². The van der Waals surface area contributed by atoms with E-state index in [2.05, 4.69) is 0 Å². The minimum atomic E-state index is -1.54. The van der Waals surface area contributed by atoms with Gasteiger partial charge in [0, 0.05) is 18.0 Å². The number of carboxylic acid groups (broad SMARTS) is 1. The van der Waals surface area contributed by atoms with Crippen LogP contribution in [0.5, 0.6) is 0 Å². The van der Waals surface area contributed by atoms with E-state index in [9.17, 15) is 13.8 Å². The SMILES string of the molecule is O=C(O)c1cccc(S(=O)CC(=O)N2CCOCC2)c1. The number of aromatic carboxylic acids is 1. The standard InChI is InChI=1S/C13H15NO5S/c15-12(14-4-6-19-7-5-14)9-20(18)11-3-1-2-10(8-11)13(16)17/h1-3,8H,4-7,9H2,(H,16,17). The summed E-state index contributed by atoms with van der Waals surface area (Å²) >= 11 is 0. The largest absolute Gasteiger partial charge is 0.478 e. The molecule has 1 unspecified atom stereocenters. The van der Waals surface area contributed by atoms with Crippen LogP contribution in [0.4, 0.5) is 0 Å². The van der Waals surface area contributed by atoms with Crippen molar-refractivity contribution < 1.29 is 23.6 Å². The molecule has 0 radical (unpaired) electrons. The summed E-state index contributed by atoms with van der Waals surface area (Å²) < 4.78 is 17.3. The Balaban J connectivity index is 2.02. The Bertz CT molecular complexity index is 539. The average molecular weight is 297 g/mol. The van der Waals surface area contributed by atoms with Crippen molar-refractivity contribution >= 4 is 22.7 Å². The topological polar surface area (TPSA) is 83.9 Å². The summed E-state index contributed by atoms with van der Waals surface area (Å²) in [7, 11) is -1.54. The first-order valence-corrected chi connectivity index (χ1v) is 7.47. The van der Waals surface area contributed by atoms with Gasteiger partial charge in [0.2, 0.25) is 5.91 Å². The molecular weight excluding hydrogens is 282 g/mol. The van der Waals surface area contributed by atoms with Gasteiger partial charge in [-0.2, -0.15) is 0 Å². The zero-order valence-electron chi connectivity index (χ0n) is 10.8. The highest BCUT2D eigenvalue weighted by atomic mass is 32.2. The molecule has 0 aromatic heterocycles. The first-order valence-electron chi connectivity index (χ1n) is 6.15. The first kappa shape index (κ1) is 14.7. The molecule has 1 aromatic carbocycles. The average Bonchev–Trinajstić information content (AvgIpc) is 2.48. The summed E-state index contributed by atoms with van der Waals surface area (Å²) in [5.74, 6) is -1.42. The summed E-state index contributed by atoms with van der Waals surface area (Å²) in [6, 6.07) is 5.85. The van der Waals surface area contributed by atoms with Gasteiger partial charge in [0.05, 0.1) is 29.6 Å². The lowest BCUT2D eigenvalue weighted by molar-refractivity contribution is -0.132. The fraction of sp³-hybridized carbons (Fsp3) is 0.385. The first-order chi connectivity index (χ1) is 9.58. The molecule has 1 saturated heterocycles. The molecule has 1 N–H and O–H groups in total. The van der Waals surface area contributed by atoms with Crippen molar-refractivity contribution in [2.24, 2.45) is 0 Å². The predicted molar refractivity (Wildman–Crippen MR) is 72.1 cm³/mol. The van der Waals surface area contributed by atoms with Crippen molar-refractivity contribution in [1.82, 2.24) is 4.90 Å². The number of carbonyl (C=O) groups excluding carboxylic acids is 1. The maximum Gasteiger partial charge on any atom is 0.335 e. The molecule has 1 atom stereocenters. The van der Waals surface area contributed by atoms with Crippen molar-refractivity contribution in [3.8, 4) is 0 Å². The molecule has 108 valence electrons. The Morgan fingerprint density at radius 3 is 2.65 bits per heavy atom. The number of amides is 1. The Hall–Kier alpha value is -1.73. The van der Waals surface area contributed by atoms with Crippen molar-refractivity contribution in [1.29, 1.82) is 0 Å². The number of morpholine rings is 1. The Labute approximate surface area is 118 Å². The molecule has 1 aromatic rings. The van der Waals surface area contributed by atoms with Gasteiger partial charge in [0.15, 0.2) is 0 Å². The second-order valence-electron chi connectivity index (χ2n) is 4.32. The highest BCUT2D eigenvalue weighted by Gasteiger charge is 2.20. The third-order valence-corrected chi connectivity index (χ3v) is 4.25. The Kier molecular flexibility index (Phi) is 4.86. The van der Waals surface area contributed by atoms with E-state index >= 15 is 0 Å².